The summed E-state index contributed by atoms with van der Waals surface area (Å²) in [6.45, 7) is 0.866. The lowest BCUT2D eigenvalue weighted by molar-refractivity contribution is 0.0827. The van der Waals surface area contributed by atoms with Gasteiger partial charge in [0, 0.05) is 61.5 Å². The van der Waals surface area contributed by atoms with Gasteiger partial charge in [-0.05, 0) is 42.7 Å². The van der Waals surface area contributed by atoms with Crippen LogP contribution in [-0.4, -0.2) is 46.4 Å². The lowest BCUT2D eigenvalue weighted by atomic mass is 9.97. The molecule has 1 aromatic carbocycles. The zero-order valence-electron chi connectivity index (χ0n) is 16.0. The summed E-state index contributed by atoms with van der Waals surface area (Å²) in [5.41, 5.74) is 4.99. The van der Waals surface area contributed by atoms with Gasteiger partial charge in [0.1, 0.15) is 0 Å². The van der Waals surface area contributed by atoms with Gasteiger partial charge in [0.15, 0.2) is 0 Å². The Labute approximate surface area is 163 Å². The van der Waals surface area contributed by atoms with Crippen LogP contribution in [0, 0.1) is 0 Å². The van der Waals surface area contributed by atoms with E-state index < -0.39 is 0 Å². The number of hydrogen-bond donors (Lipinski definition) is 0. The molecule has 3 aromatic rings. The SMILES string of the molecule is CN(C)C(=O)c1ccc2c(c1)N(c1ncc(-c3ccccn3)cn1)CC21CC1. The Bertz CT molecular complexity index is 1040. The summed E-state index contributed by atoms with van der Waals surface area (Å²) in [7, 11) is 3.55. The molecule has 0 N–H and O–H groups in total. The first kappa shape index (κ1) is 16.9. The Morgan fingerprint density at radius 3 is 2.50 bits per heavy atom. The number of anilines is 2. The highest BCUT2D eigenvalue weighted by Gasteiger charge is 2.52. The third kappa shape index (κ3) is 2.64. The van der Waals surface area contributed by atoms with E-state index in [-0.39, 0.29) is 11.3 Å². The minimum Gasteiger partial charge on any atom is -0.345 e. The Balaban J connectivity index is 1.52. The summed E-state index contributed by atoms with van der Waals surface area (Å²) in [6, 6.07) is 11.8. The van der Waals surface area contributed by atoms with Crippen LogP contribution >= 0.6 is 0 Å². The zero-order valence-corrected chi connectivity index (χ0v) is 16.0. The number of fused-ring (bicyclic) bond motifs is 2. The molecule has 0 unspecified atom stereocenters. The average Bonchev–Trinajstić information content (AvgIpc) is 3.45. The molecule has 0 bridgehead atoms. The summed E-state index contributed by atoms with van der Waals surface area (Å²) in [4.78, 5) is 29.8. The third-order valence-corrected chi connectivity index (χ3v) is 5.67. The first-order valence-corrected chi connectivity index (χ1v) is 9.45. The molecule has 1 aliphatic heterocycles. The summed E-state index contributed by atoms with van der Waals surface area (Å²) in [6.07, 6.45) is 7.74. The van der Waals surface area contributed by atoms with E-state index in [1.807, 2.05) is 42.7 Å². The van der Waals surface area contributed by atoms with E-state index in [2.05, 4.69) is 25.9 Å². The monoisotopic (exact) mass is 371 g/mol. The fourth-order valence-electron chi connectivity index (χ4n) is 3.95. The molecular formula is C22H21N5O. The highest BCUT2D eigenvalue weighted by atomic mass is 16.2. The predicted octanol–water partition coefficient (Wildman–Crippen LogP) is 3.42. The predicted molar refractivity (Wildman–Crippen MR) is 108 cm³/mol. The second kappa shape index (κ2) is 6.12. The standard InChI is InChI=1S/C22H21N5O/c1-26(2)20(28)15-6-7-17-19(11-15)27(14-22(17)8-9-22)21-24-12-16(13-25-21)18-5-3-4-10-23-18/h3-7,10-13H,8-9,14H2,1-2H3. The molecule has 1 spiro atoms. The van der Waals surface area contributed by atoms with Gasteiger partial charge >= 0.3 is 0 Å². The van der Waals surface area contributed by atoms with Crippen molar-refractivity contribution in [3.05, 3.63) is 66.1 Å². The second-order valence-electron chi connectivity index (χ2n) is 7.78. The van der Waals surface area contributed by atoms with E-state index in [0.29, 0.717) is 11.5 Å². The molecular weight excluding hydrogens is 350 g/mol. The molecule has 2 aliphatic rings. The van der Waals surface area contributed by atoms with Gasteiger partial charge in [0.05, 0.1) is 5.69 Å². The topological polar surface area (TPSA) is 62.2 Å². The van der Waals surface area contributed by atoms with Crippen LogP contribution in [0.4, 0.5) is 11.6 Å². The van der Waals surface area contributed by atoms with E-state index in [4.69, 9.17) is 0 Å². The van der Waals surface area contributed by atoms with Crippen molar-refractivity contribution in [2.75, 3.05) is 25.5 Å². The molecule has 1 amide bonds. The van der Waals surface area contributed by atoms with Gasteiger partial charge in [-0.3, -0.25) is 9.78 Å². The fourth-order valence-corrected chi connectivity index (χ4v) is 3.95. The van der Waals surface area contributed by atoms with Crippen LogP contribution in [-0.2, 0) is 5.41 Å². The number of amides is 1. The molecule has 0 saturated heterocycles. The van der Waals surface area contributed by atoms with Crippen LogP contribution in [0.3, 0.4) is 0 Å². The van der Waals surface area contributed by atoms with Crippen LogP contribution in [0.5, 0.6) is 0 Å². The molecule has 3 heterocycles. The molecule has 0 atom stereocenters. The largest absolute Gasteiger partial charge is 0.345 e. The molecule has 6 nitrogen and oxygen atoms in total. The molecule has 1 saturated carbocycles. The molecule has 28 heavy (non-hydrogen) atoms. The smallest absolute Gasteiger partial charge is 0.253 e. The normalized spacial score (nSPS) is 16.1. The van der Waals surface area contributed by atoms with Crippen molar-refractivity contribution in [2.45, 2.75) is 18.3 Å². The molecule has 5 rings (SSSR count). The van der Waals surface area contributed by atoms with Crippen LogP contribution in [0.2, 0.25) is 0 Å². The van der Waals surface area contributed by atoms with E-state index in [1.165, 1.54) is 18.4 Å². The quantitative estimate of drug-likeness (QED) is 0.706. The molecule has 1 fully saturated rings. The maximum absolute atomic E-state index is 12.4. The van der Waals surface area contributed by atoms with Gasteiger partial charge in [-0.15, -0.1) is 0 Å². The van der Waals surface area contributed by atoms with Crippen molar-refractivity contribution < 1.29 is 4.79 Å². The Kier molecular flexibility index (Phi) is 3.69. The minimum absolute atomic E-state index is 0.00548. The molecule has 0 radical (unpaired) electrons. The number of nitrogens with zero attached hydrogens (tertiary/aromatic N) is 5. The van der Waals surface area contributed by atoms with Crippen molar-refractivity contribution in [1.29, 1.82) is 0 Å². The van der Waals surface area contributed by atoms with Gasteiger partial charge in [-0.25, -0.2) is 9.97 Å². The van der Waals surface area contributed by atoms with Crippen molar-refractivity contribution in [1.82, 2.24) is 19.9 Å². The summed E-state index contributed by atoms with van der Waals surface area (Å²) < 4.78 is 0. The van der Waals surface area contributed by atoms with Crippen molar-refractivity contribution in [3.63, 3.8) is 0 Å². The van der Waals surface area contributed by atoms with Gasteiger partial charge in [0.25, 0.3) is 5.91 Å². The molecule has 1 aliphatic carbocycles. The number of pyridine rings is 1. The van der Waals surface area contributed by atoms with Crippen LogP contribution in [0.25, 0.3) is 11.3 Å². The van der Waals surface area contributed by atoms with E-state index in [1.54, 1.807) is 25.2 Å². The average molecular weight is 371 g/mol. The van der Waals surface area contributed by atoms with Crippen molar-refractivity contribution in [2.24, 2.45) is 0 Å². The summed E-state index contributed by atoms with van der Waals surface area (Å²) in [5.74, 6) is 0.671. The van der Waals surface area contributed by atoms with E-state index in [9.17, 15) is 4.79 Å². The molecule has 6 heteroatoms. The van der Waals surface area contributed by atoms with Crippen molar-refractivity contribution >= 4 is 17.5 Å². The highest BCUT2D eigenvalue weighted by Crippen LogP contribution is 2.57. The van der Waals surface area contributed by atoms with Gasteiger partial charge in [0.2, 0.25) is 5.95 Å². The lowest BCUT2D eigenvalue weighted by Gasteiger charge is -2.18. The number of rotatable bonds is 3. The maximum atomic E-state index is 12.4. The van der Waals surface area contributed by atoms with Gasteiger partial charge in [-0.2, -0.15) is 0 Å². The number of benzene rings is 1. The van der Waals surface area contributed by atoms with Crippen LogP contribution in [0.15, 0.2) is 55.0 Å². The van der Waals surface area contributed by atoms with E-state index in [0.717, 1.165) is 23.5 Å². The van der Waals surface area contributed by atoms with E-state index >= 15 is 0 Å². The third-order valence-electron chi connectivity index (χ3n) is 5.67. The molecule has 140 valence electrons. The number of aromatic nitrogens is 3. The zero-order chi connectivity index (χ0) is 19.3. The first-order valence-electron chi connectivity index (χ1n) is 9.45. The second-order valence-corrected chi connectivity index (χ2v) is 7.78. The Hall–Kier alpha value is -3.28. The Morgan fingerprint density at radius 1 is 1.07 bits per heavy atom. The van der Waals surface area contributed by atoms with Gasteiger partial charge < -0.3 is 9.80 Å². The fraction of sp³-hybridized carbons (Fsp3) is 0.273. The maximum Gasteiger partial charge on any atom is 0.253 e. The minimum atomic E-state index is 0.00548. The summed E-state index contributed by atoms with van der Waals surface area (Å²) >= 11 is 0. The highest BCUT2D eigenvalue weighted by molar-refractivity contribution is 5.95. The number of hydrogen-bond acceptors (Lipinski definition) is 5. The molecule has 2 aromatic heterocycles. The van der Waals surface area contributed by atoms with Crippen LogP contribution < -0.4 is 4.90 Å². The van der Waals surface area contributed by atoms with Gasteiger partial charge in [-0.1, -0.05) is 12.1 Å². The lowest BCUT2D eigenvalue weighted by Crippen LogP contribution is -2.22. The van der Waals surface area contributed by atoms with Crippen molar-refractivity contribution in [3.8, 4) is 11.3 Å². The first-order chi connectivity index (χ1) is 13.6. The Morgan fingerprint density at radius 2 is 1.86 bits per heavy atom. The number of carbonyl (C=O) groups is 1. The van der Waals surface area contributed by atoms with Crippen LogP contribution in [0.1, 0.15) is 28.8 Å². The number of carbonyl (C=O) groups excluding carboxylic acids is 1. The summed E-state index contributed by atoms with van der Waals surface area (Å²) in [5, 5.41) is 0.